The van der Waals surface area contributed by atoms with Gasteiger partial charge in [0.05, 0.1) is 0 Å². The lowest BCUT2D eigenvalue weighted by atomic mass is 9.75. The van der Waals surface area contributed by atoms with Crippen molar-refractivity contribution in [3.63, 3.8) is 0 Å². The van der Waals surface area contributed by atoms with Gasteiger partial charge < -0.3 is 0 Å². The summed E-state index contributed by atoms with van der Waals surface area (Å²) in [6.45, 7) is 2.00. The second kappa shape index (κ2) is 6.34. The van der Waals surface area contributed by atoms with Crippen molar-refractivity contribution < 1.29 is 17.6 Å². The van der Waals surface area contributed by atoms with Gasteiger partial charge in [-0.05, 0) is 55.4 Å². The summed E-state index contributed by atoms with van der Waals surface area (Å²) in [6, 6.07) is 9.84. The van der Waals surface area contributed by atoms with Crippen LogP contribution < -0.4 is 0 Å². The van der Waals surface area contributed by atoms with Crippen molar-refractivity contribution in [1.82, 2.24) is 0 Å². The van der Waals surface area contributed by atoms with E-state index >= 15 is 0 Å². The Hall–Kier alpha value is -1.84. The maximum absolute atomic E-state index is 14.6. The molecule has 4 heteroatoms. The van der Waals surface area contributed by atoms with Crippen molar-refractivity contribution >= 4 is 0 Å². The largest absolute Gasteiger partial charge is 0.247 e. The number of aryl methyl sites for hydroxylation is 1. The van der Waals surface area contributed by atoms with Crippen LogP contribution in [0.3, 0.4) is 0 Å². The van der Waals surface area contributed by atoms with E-state index in [1.807, 2.05) is 31.2 Å². The lowest BCUT2D eigenvalue weighted by Crippen LogP contribution is -2.24. The van der Waals surface area contributed by atoms with Crippen LogP contribution in [0.2, 0.25) is 0 Å². The van der Waals surface area contributed by atoms with Crippen LogP contribution in [-0.4, -0.2) is 6.17 Å². The van der Waals surface area contributed by atoms with E-state index in [0.29, 0.717) is 12.8 Å². The summed E-state index contributed by atoms with van der Waals surface area (Å²) in [6.07, 6.45) is 0.354. The smallest absolute Gasteiger partial charge is 0.194 e. The van der Waals surface area contributed by atoms with Gasteiger partial charge in [-0.25, -0.2) is 17.6 Å². The number of rotatable bonds is 2. The van der Waals surface area contributed by atoms with Crippen LogP contribution in [-0.2, 0) is 0 Å². The van der Waals surface area contributed by atoms with E-state index in [9.17, 15) is 17.6 Å². The van der Waals surface area contributed by atoms with E-state index in [0.717, 1.165) is 29.7 Å². The summed E-state index contributed by atoms with van der Waals surface area (Å²) in [5.74, 6) is -4.49. The molecule has 1 saturated carbocycles. The average Bonchev–Trinajstić information content (AvgIpc) is 2.53. The molecular weight excluding hydrogens is 304 g/mol. The monoisotopic (exact) mass is 322 g/mol. The Bertz CT molecular complexity index is 670. The van der Waals surface area contributed by atoms with Crippen LogP contribution in [0.15, 0.2) is 36.4 Å². The first-order valence-corrected chi connectivity index (χ1v) is 7.80. The second-order valence-corrected chi connectivity index (χ2v) is 6.34. The molecule has 1 aliphatic carbocycles. The topological polar surface area (TPSA) is 0 Å². The zero-order valence-electron chi connectivity index (χ0n) is 12.8. The third-order valence-corrected chi connectivity index (χ3v) is 4.76. The van der Waals surface area contributed by atoms with Gasteiger partial charge in [0, 0.05) is 5.92 Å². The molecule has 23 heavy (non-hydrogen) atoms. The zero-order chi connectivity index (χ0) is 16.6. The molecule has 1 fully saturated rings. The maximum atomic E-state index is 14.6. The van der Waals surface area contributed by atoms with Crippen molar-refractivity contribution in [1.29, 1.82) is 0 Å². The predicted octanol–water partition coefficient (Wildman–Crippen LogP) is 5.80. The minimum Gasteiger partial charge on any atom is -0.247 e. The molecule has 0 aromatic heterocycles. The summed E-state index contributed by atoms with van der Waals surface area (Å²) in [4.78, 5) is 0. The van der Waals surface area contributed by atoms with Crippen molar-refractivity contribution in [2.45, 2.75) is 44.2 Å². The Labute approximate surface area is 133 Å². The summed E-state index contributed by atoms with van der Waals surface area (Å²) < 4.78 is 54.3. The molecule has 0 nitrogen and oxygen atoms in total. The van der Waals surface area contributed by atoms with E-state index in [2.05, 4.69) is 0 Å². The van der Waals surface area contributed by atoms with Crippen molar-refractivity contribution in [3.8, 4) is 0 Å². The third kappa shape index (κ3) is 3.26. The third-order valence-electron chi connectivity index (χ3n) is 4.76. The van der Waals surface area contributed by atoms with Crippen LogP contribution in [0.4, 0.5) is 17.6 Å². The number of halogens is 4. The Morgan fingerprint density at radius 3 is 2.04 bits per heavy atom. The molecule has 2 aromatic rings. The van der Waals surface area contributed by atoms with E-state index < -0.39 is 29.5 Å². The Morgan fingerprint density at radius 2 is 1.48 bits per heavy atom. The normalized spacial score (nSPS) is 24.7. The molecule has 1 aliphatic rings. The van der Waals surface area contributed by atoms with E-state index in [4.69, 9.17) is 0 Å². The fourth-order valence-electron chi connectivity index (χ4n) is 3.42. The van der Waals surface area contributed by atoms with Crippen LogP contribution in [0.1, 0.15) is 47.8 Å². The van der Waals surface area contributed by atoms with Gasteiger partial charge in [-0.2, -0.15) is 0 Å². The zero-order valence-corrected chi connectivity index (χ0v) is 12.8. The fraction of sp³-hybridized carbons (Fsp3) is 0.368. The SMILES string of the molecule is Cc1ccc(C2CCC(c3cc(F)c(F)c(F)c3)C(F)C2)cc1. The van der Waals surface area contributed by atoms with Gasteiger partial charge in [0.1, 0.15) is 6.17 Å². The van der Waals surface area contributed by atoms with Gasteiger partial charge in [-0.15, -0.1) is 0 Å². The molecule has 0 heterocycles. The van der Waals surface area contributed by atoms with E-state index in [-0.39, 0.29) is 11.5 Å². The summed E-state index contributed by atoms with van der Waals surface area (Å²) >= 11 is 0. The Morgan fingerprint density at radius 1 is 0.870 bits per heavy atom. The first-order valence-electron chi connectivity index (χ1n) is 7.80. The highest BCUT2D eigenvalue weighted by Crippen LogP contribution is 2.42. The standard InChI is InChI=1S/C19H18F4/c1-11-2-4-12(5-3-11)13-6-7-15(16(20)8-13)14-9-17(21)19(23)18(22)10-14/h2-5,9-10,13,15-16H,6-8H2,1H3. The Balaban J connectivity index is 1.77. The average molecular weight is 322 g/mol. The first kappa shape index (κ1) is 16.0. The molecule has 2 aromatic carbocycles. The Kier molecular flexibility index (Phi) is 4.42. The van der Waals surface area contributed by atoms with Gasteiger partial charge in [0.2, 0.25) is 0 Å². The van der Waals surface area contributed by atoms with Crippen molar-refractivity contribution in [2.75, 3.05) is 0 Å². The summed E-state index contributed by atoms with van der Waals surface area (Å²) in [5.41, 5.74) is 2.45. The molecule has 0 bridgehead atoms. The second-order valence-electron chi connectivity index (χ2n) is 6.34. The molecular formula is C19H18F4. The van der Waals surface area contributed by atoms with E-state index in [1.165, 1.54) is 0 Å². The minimum atomic E-state index is -1.50. The number of hydrogen-bond acceptors (Lipinski definition) is 0. The molecule has 122 valence electrons. The minimum absolute atomic E-state index is 0.108. The highest BCUT2D eigenvalue weighted by Gasteiger charge is 2.33. The van der Waals surface area contributed by atoms with Crippen LogP contribution in [0.25, 0.3) is 0 Å². The number of hydrogen-bond donors (Lipinski definition) is 0. The first-order chi connectivity index (χ1) is 11.0. The molecule has 3 rings (SSSR count). The molecule has 3 unspecified atom stereocenters. The van der Waals surface area contributed by atoms with Gasteiger partial charge in [-0.3, -0.25) is 0 Å². The van der Waals surface area contributed by atoms with Crippen LogP contribution in [0, 0.1) is 24.4 Å². The molecule has 0 spiro atoms. The van der Waals surface area contributed by atoms with Gasteiger partial charge >= 0.3 is 0 Å². The quantitative estimate of drug-likeness (QED) is 0.484. The van der Waals surface area contributed by atoms with Gasteiger partial charge in [0.25, 0.3) is 0 Å². The molecule has 3 atom stereocenters. The summed E-state index contributed by atoms with van der Waals surface area (Å²) in [7, 11) is 0. The highest BCUT2D eigenvalue weighted by molar-refractivity contribution is 5.28. The molecule has 0 saturated heterocycles. The maximum Gasteiger partial charge on any atom is 0.194 e. The molecule has 0 N–H and O–H groups in total. The molecule has 0 amide bonds. The lowest BCUT2D eigenvalue weighted by molar-refractivity contribution is 0.198. The predicted molar refractivity (Wildman–Crippen MR) is 81.7 cm³/mol. The van der Waals surface area contributed by atoms with Crippen molar-refractivity contribution in [2.24, 2.45) is 0 Å². The lowest BCUT2D eigenvalue weighted by Gasteiger charge is -2.32. The van der Waals surface area contributed by atoms with Crippen molar-refractivity contribution in [3.05, 3.63) is 70.5 Å². The van der Waals surface area contributed by atoms with Crippen LogP contribution >= 0.6 is 0 Å². The van der Waals surface area contributed by atoms with Gasteiger partial charge in [-0.1, -0.05) is 29.8 Å². The molecule has 0 aliphatic heterocycles. The van der Waals surface area contributed by atoms with Crippen LogP contribution in [0.5, 0.6) is 0 Å². The van der Waals surface area contributed by atoms with E-state index in [1.54, 1.807) is 0 Å². The molecule has 0 radical (unpaired) electrons. The summed E-state index contributed by atoms with van der Waals surface area (Å²) in [5, 5.41) is 0. The van der Waals surface area contributed by atoms with Gasteiger partial charge in [0.15, 0.2) is 17.5 Å². The fourth-order valence-corrected chi connectivity index (χ4v) is 3.42. The number of benzene rings is 2. The number of alkyl halides is 1. The highest BCUT2D eigenvalue weighted by atomic mass is 19.2.